The summed E-state index contributed by atoms with van der Waals surface area (Å²) in [7, 11) is 0. The molecule has 3 aromatic rings. The van der Waals surface area contributed by atoms with Crippen molar-refractivity contribution in [2.45, 2.75) is 6.54 Å². The Morgan fingerprint density at radius 1 is 1.20 bits per heavy atom. The van der Waals surface area contributed by atoms with Crippen LogP contribution in [0, 0.1) is 5.82 Å². The van der Waals surface area contributed by atoms with Crippen LogP contribution in [0.5, 0.6) is 0 Å². The normalized spacial score (nSPS) is 10.9. The molecule has 0 unspecified atom stereocenters. The molecule has 0 saturated carbocycles. The van der Waals surface area contributed by atoms with Gasteiger partial charge in [-0.15, -0.1) is 0 Å². The second-order valence-corrected chi connectivity index (χ2v) is 5.28. The first-order valence-electron chi connectivity index (χ1n) is 6.03. The van der Waals surface area contributed by atoms with E-state index in [9.17, 15) is 9.18 Å². The van der Waals surface area contributed by atoms with Crippen LogP contribution in [0.15, 0.2) is 58.1 Å². The van der Waals surface area contributed by atoms with Gasteiger partial charge in [0.1, 0.15) is 5.82 Å². The van der Waals surface area contributed by atoms with Crippen LogP contribution in [0.3, 0.4) is 0 Å². The first kappa shape index (κ1) is 13.0. The van der Waals surface area contributed by atoms with Gasteiger partial charge in [0, 0.05) is 4.47 Å². The SMILES string of the molecule is O=c1c2ccccc2ncn1Cc1ccc(F)cc1Br. The van der Waals surface area contributed by atoms with E-state index in [0.717, 1.165) is 5.56 Å². The first-order valence-corrected chi connectivity index (χ1v) is 6.82. The van der Waals surface area contributed by atoms with E-state index in [0.29, 0.717) is 21.9 Å². The molecule has 3 rings (SSSR count). The Morgan fingerprint density at radius 3 is 2.80 bits per heavy atom. The molecule has 5 heteroatoms. The third kappa shape index (κ3) is 2.36. The molecule has 0 amide bonds. The summed E-state index contributed by atoms with van der Waals surface area (Å²) in [6.45, 7) is 0.345. The second-order valence-electron chi connectivity index (χ2n) is 4.43. The summed E-state index contributed by atoms with van der Waals surface area (Å²) in [5, 5.41) is 0.577. The molecule has 0 saturated heterocycles. The van der Waals surface area contributed by atoms with Crippen molar-refractivity contribution in [2.24, 2.45) is 0 Å². The summed E-state index contributed by atoms with van der Waals surface area (Å²) >= 11 is 3.30. The molecule has 0 N–H and O–H groups in total. The van der Waals surface area contributed by atoms with Crippen molar-refractivity contribution in [3.63, 3.8) is 0 Å². The Morgan fingerprint density at radius 2 is 2.00 bits per heavy atom. The zero-order valence-electron chi connectivity index (χ0n) is 10.4. The minimum atomic E-state index is -0.315. The van der Waals surface area contributed by atoms with Crippen LogP contribution in [0.25, 0.3) is 10.9 Å². The lowest BCUT2D eigenvalue weighted by molar-refractivity contribution is 0.624. The number of halogens is 2. The van der Waals surface area contributed by atoms with Crippen LogP contribution < -0.4 is 5.56 Å². The molecule has 100 valence electrons. The van der Waals surface area contributed by atoms with Crippen molar-refractivity contribution in [3.8, 4) is 0 Å². The number of nitrogens with zero attached hydrogens (tertiary/aromatic N) is 2. The van der Waals surface area contributed by atoms with Gasteiger partial charge in [-0.1, -0.05) is 34.1 Å². The number of fused-ring (bicyclic) bond motifs is 1. The van der Waals surface area contributed by atoms with Crippen LogP contribution in [-0.4, -0.2) is 9.55 Å². The number of hydrogen-bond donors (Lipinski definition) is 0. The molecule has 0 spiro atoms. The number of rotatable bonds is 2. The van der Waals surface area contributed by atoms with E-state index in [1.165, 1.54) is 23.0 Å². The van der Waals surface area contributed by atoms with Gasteiger partial charge in [-0.3, -0.25) is 9.36 Å². The number of para-hydroxylation sites is 1. The molecule has 1 heterocycles. The van der Waals surface area contributed by atoms with Crippen molar-refractivity contribution in [1.82, 2.24) is 9.55 Å². The molecule has 0 aliphatic heterocycles. The molecular weight excluding hydrogens is 323 g/mol. The van der Waals surface area contributed by atoms with E-state index in [4.69, 9.17) is 0 Å². The number of benzene rings is 2. The van der Waals surface area contributed by atoms with E-state index in [1.807, 2.05) is 12.1 Å². The average molecular weight is 333 g/mol. The van der Waals surface area contributed by atoms with Crippen molar-refractivity contribution in [3.05, 3.63) is 75.0 Å². The van der Waals surface area contributed by atoms with E-state index in [2.05, 4.69) is 20.9 Å². The minimum absolute atomic E-state index is 0.105. The zero-order valence-corrected chi connectivity index (χ0v) is 12.0. The summed E-state index contributed by atoms with van der Waals surface area (Å²) in [6.07, 6.45) is 1.51. The number of aromatic nitrogens is 2. The Bertz CT molecular complexity index is 845. The van der Waals surface area contributed by atoms with Gasteiger partial charge in [-0.05, 0) is 29.8 Å². The van der Waals surface area contributed by atoms with Gasteiger partial charge < -0.3 is 0 Å². The quantitative estimate of drug-likeness (QED) is 0.721. The third-order valence-electron chi connectivity index (χ3n) is 3.09. The van der Waals surface area contributed by atoms with Crippen molar-refractivity contribution < 1.29 is 4.39 Å². The van der Waals surface area contributed by atoms with Gasteiger partial charge in [-0.25, -0.2) is 9.37 Å². The summed E-state index contributed by atoms with van der Waals surface area (Å²) in [5.41, 5.74) is 1.39. The van der Waals surface area contributed by atoms with Crippen molar-refractivity contribution >= 4 is 26.8 Å². The van der Waals surface area contributed by atoms with Gasteiger partial charge in [0.25, 0.3) is 5.56 Å². The predicted molar refractivity (Wildman–Crippen MR) is 79.2 cm³/mol. The Labute approximate surface area is 122 Å². The maximum Gasteiger partial charge on any atom is 0.261 e. The Kier molecular flexibility index (Phi) is 3.36. The highest BCUT2D eigenvalue weighted by Gasteiger charge is 2.06. The Hall–Kier alpha value is -2.01. The smallest absolute Gasteiger partial charge is 0.261 e. The summed E-state index contributed by atoms with van der Waals surface area (Å²) in [4.78, 5) is 16.6. The van der Waals surface area contributed by atoms with Gasteiger partial charge in [0.15, 0.2) is 0 Å². The van der Waals surface area contributed by atoms with Crippen molar-refractivity contribution in [1.29, 1.82) is 0 Å². The lowest BCUT2D eigenvalue weighted by Crippen LogP contribution is -2.21. The van der Waals surface area contributed by atoms with Crippen molar-refractivity contribution in [2.75, 3.05) is 0 Å². The van der Waals surface area contributed by atoms with Crippen LogP contribution >= 0.6 is 15.9 Å². The highest BCUT2D eigenvalue weighted by molar-refractivity contribution is 9.10. The summed E-state index contributed by atoms with van der Waals surface area (Å²) < 4.78 is 15.2. The second kappa shape index (κ2) is 5.17. The minimum Gasteiger partial charge on any atom is -0.294 e. The highest BCUT2D eigenvalue weighted by atomic mass is 79.9. The fraction of sp³-hybridized carbons (Fsp3) is 0.0667. The molecular formula is C15H10BrFN2O. The largest absolute Gasteiger partial charge is 0.294 e. The van der Waals surface area contributed by atoms with Gasteiger partial charge in [0.2, 0.25) is 0 Å². The molecule has 0 aliphatic rings. The van der Waals surface area contributed by atoms with Gasteiger partial charge in [-0.2, -0.15) is 0 Å². The summed E-state index contributed by atoms with van der Waals surface area (Å²) in [6, 6.07) is 11.6. The van der Waals surface area contributed by atoms with Gasteiger partial charge in [0.05, 0.1) is 23.8 Å². The van der Waals surface area contributed by atoms with E-state index < -0.39 is 0 Å². The van der Waals surface area contributed by atoms with Crippen LogP contribution in [-0.2, 0) is 6.54 Å². The number of hydrogen-bond acceptors (Lipinski definition) is 2. The summed E-state index contributed by atoms with van der Waals surface area (Å²) in [5.74, 6) is -0.315. The molecule has 0 radical (unpaired) electrons. The third-order valence-corrected chi connectivity index (χ3v) is 3.83. The topological polar surface area (TPSA) is 34.9 Å². The fourth-order valence-corrected chi connectivity index (χ4v) is 2.53. The monoisotopic (exact) mass is 332 g/mol. The van der Waals surface area contributed by atoms with E-state index >= 15 is 0 Å². The van der Waals surface area contributed by atoms with Gasteiger partial charge >= 0.3 is 0 Å². The fourth-order valence-electron chi connectivity index (χ4n) is 2.05. The van der Waals surface area contributed by atoms with E-state index in [1.54, 1.807) is 18.2 Å². The average Bonchev–Trinajstić information content (AvgIpc) is 2.45. The predicted octanol–water partition coefficient (Wildman–Crippen LogP) is 3.35. The Balaban J connectivity index is 2.07. The molecule has 1 aromatic heterocycles. The molecule has 0 bridgehead atoms. The molecule has 20 heavy (non-hydrogen) atoms. The molecule has 0 fully saturated rings. The standard InChI is InChI=1S/C15H10BrFN2O/c16-13-7-11(17)6-5-10(13)8-19-9-18-14-4-2-1-3-12(14)15(19)20/h1-7,9H,8H2. The molecule has 2 aromatic carbocycles. The highest BCUT2D eigenvalue weighted by Crippen LogP contribution is 2.18. The first-order chi connectivity index (χ1) is 9.65. The van der Waals surface area contributed by atoms with E-state index in [-0.39, 0.29) is 11.4 Å². The molecule has 0 aliphatic carbocycles. The molecule has 3 nitrogen and oxygen atoms in total. The maximum absolute atomic E-state index is 13.1. The molecule has 0 atom stereocenters. The maximum atomic E-state index is 13.1. The van der Waals surface area contributed by atoms with Crippen LogP contribution in [0.2, 0.25) is 0 Å². The lowest BCUT2D eigenvalue weighted by Gasteiger charge is -2.08. The zero-order chi connectivity index (χ0) is 14.1. The van der Waals surface area contributed by atoms with Crippen LogP contribution in [0.1, 0.15) is 5.56 Å². The van der Waals surface area contributed by atoms with Crippen LogP contribution in [0.4, 0.5) is 4.39 Å². The lowest BCUT2D eigenvalue weighted by atomic mass is 10.2.